The van der Waals surface area contributed by atoms with E-state index in [1.54, 1.807) is 6.92 Å². The van der Waals surface area contributed by atoms with E-state index in [2.05, 4.69) is 5.32 Å². The molecule has 2 fully saturated rings. The Morgan fingerprint density at radius 2 is 2.05 bits per heavy atom. The van der Waals surface area contributed by atoms with Crippen LogP contribution in [0, 0.1) is 5.92 Å². The van der Waals surface area contributed by atoms with E-state index in [-0.39, 0.29) is 25.5 Å². The molecule has 2 unspecified atom stereocenters. The smallest absolute Gasteiger partial charge is 0.391 e. The predicted molar refractivity (Wildman–Crippen MR) is 63.5 cm³/mol. The first-order valence-electron chi connectivity index (χ1n) is 6.89. The molecule has 0 amide bonds. The zero-order valence-electron chi connectivity index (χ0n) is 11.1. The molecule has 0 radical (unpaired) electrons. The van der Waals surface area contributed by atoms with Gasteiger partial charge in [-0.2, -0.15) is 13.2 Å². The van der Waals surface area contributed by atoms with Gasteiger partial charge in [0.15, 0.2) is 0 Å². The quantitative estimate of drug-likeness (QED) is 0.804. The van der Waals surface area contributed by atoms with Gasteiger partial charge >= 0.3 is 12.1 Å². The van der Waals surface area contributed by atoms with Crippen molar-refractivity contribution in [3.63, 3.8) is 0 Å². The zero-order valence-corrected chi connectivity index (χ0v) is 11.1. The lowest BCUT2D eigenvalue weighted by Gasteiger charge is -2.40. The van der Waals surface area contributed by atoms with Gasteiger partial charge < -0.3 is 4.74 Å². The van der Waals surface area contributed by atoms with Gasteiger partial charge in [-0.3, -0.25) is 10.1 Å². The number of carbonyl (C=O) groups is 1. The summed E-state index contributed by atoms with van der Waals surface area (Å²) in [6, 6.07) is 0.177. The maximum absolute atomic E-state index is 12.9. The Bertz CT molecular complexity index is 341. The Hall–Kier alpha value is -0.780. The van der Waals surface area contributed by atoms with Crippen molar-refractivity contribution in [2.75, 3.05) is 6.61 Å². The van der Waals surface area contributed by atoms with Gasteiger partial charge in [-0.05, 0) is 39.0 Å². The van der Waals surface area contributed by atoms with Crippen molar-refractivity contribution < 1.29 is 22.7 Å². The number of rotatable bonds is 4. The summed E-state index contributed by atoms with van der Waals surface area (Å²) >= 11 is 0. The zero-order chi connectivity index (χ0) is 14.1. The summed E-state index contributed by atoms with van der Waals surface area (Å²) in [6.45, 7) is 1.87. The van der Waals surface area contributed by atoms with E-state index in [0.29, 0.717) is 12.8 Å². The summed E-state index contributed by atoms with van der Waals surface area (Å²) < 4.78 is 43.7. The largest absolute Gasteiger partial charge is 0.465 e. The van der Waals surface area contributed by atoms with Crippen LogP contribution in [0.25, 0.3) is 0 Å². The van der Waals surface area contributed by atoms with E-state index in [4.69, 9.17) is 4.74 Å². The molecule has 2 aliphatic carbocycles. The molecule has 0 saturated heterocycles. The van der Waals surface area contributed by atoms with Gasteiger partial charge in [-0.25, -0.2) is 0 Å². The lowest BCUT2D eigenvalue weighted by Crippen LogP contribution is -2.57. The van der Waals surface area contributed by atoms with Crippen LogP contribution in [0.1, 0.15) is 45.4 Å². The second-order valence-corrected chi connectivity index (χ2v) is 5.56. The fourth-order valence-electron chi connectivity index (χ4n) is 2.82. The van der Waals surface area contributed by atoms with Gasteiger partial charge in [0.2, 0.25) is 0 Å². The monoisotopic (exact) mass is 279 g/mol. The van der Waals surface area contributed by atoms with Crippen LogP contribution in [0.2, 0.25) is 0 Å². The van der Waals surface area contributed by atoms with Crippen LogP contribution in [0.4, 0.5) is 13.2 Å². The molecule has 0 bridgehead atoms. The molecule has 0 aromatic heterocycles. The molecule has 1 N–H and O–H groups in total. The highest BCUT2D eigenvalue weighted by molar-refractivity contribution is 5.81. The predicted octanol–water partition coefficient (Wildman–Crippen LogP) is 2.79. The van der Waals surface area contributed by atoms with Gasteiger partial charge in [-0.15, -0.1) is 0 Å². The minimum Gasteiger partial charge on any atom is -0.465 e. The maximum atomic E-state index is 12.9. The minimum atomic E-state index is -4.23. The first-order chi connectivity index (χ1) is 8.87. The van der Waals surface area contributed by atoms with E-state index in [9.17, 15) is 18.0 Å². The molecule has 19 heavy (non-hydrogen) atoms. The highest BCUT2D eigenvalue weighted by atomic mass is 19.4. The molecule has 2 rings (SSSR count). The molecule has 2 saturated carbocycles. The summed E-state index contributed by atoms with van der Waals surface area (Å²) in [4.78, 5) is 12.1. The molecular formula is C13H20F3NO2. The molecule has 0 heterocycles. The lowest BCUT2D eigenvalue weighted by molar-refractivity contribution is -0.192. The average molecular weight is 279 g/mol. The summed E-state index contributed by atoms with van der Waals surface area (Å²) in [5, 5.41) is 3.12. The number of hydrogen-bond acceptors (Lipinski definition) is 3. The molecule has 2 atom stereocenters. The Labute approximate surface area is 110 Å². The number of nitrogens with one attached hydrogen (secondary N) is 1. The third kappa shape index (κ3) is 3.41. The van der Waals surface area contributed by atoms with Gasteiger partial charge in [-0.1, -0.05) is 6.42 Å². The number of alkyl halides is 3. The second-order valence-electron chi connectivity index (χ2n) is 5.56. The van der Waals surface area contributed by atoms with Crippen LogP contribution in [-0.4, -0.2) is 30.3 Å². The minimum absolute atomic E-state index is 0.108. The molecule has 0 aliphatic heterocycles. The van der Waals surface area contributed by atoms with Crippen molar-refractivity contribution in [2.45, 2.75) is 63.2 Å². The summed E-state index contributed by atoms with van der Waals surface area (Å²) in [5.74, 6) is -1.92. The van der Waals surface area contributed by atoms with Gasteiger partial charge in [0.1, 0.15) is 5.54 Å². The van der Waals surface area contributed by atoms with Crippen LogP contribution in [0.15, 0.2) is 0 Å². The van der Waals surface area contributed by atoms with Gasteiger partial charge in [0.05, 0.1) is 12.5 Å². The SMILES string of the molecule is CCOC(=O)C1(NC2CC2)CCCC(C(F)(F)F)C1. The molecule has 0 spiro atoms. The van der Waals surface area contributed by atoms with Crippen molar-refractivity contribution in [1.29, 1.82) is 0 Å². The fraction of sp³-hybridized carbons (Fsp3) is 0.923. The molecule has 0 aromatic rings. The van der Waals surface area contributed by atoms with Crippen LogP contribution < -0.4 is 5.32 Å². The van der Waals surface area contributed by atoms with E-state index < -0.39 is 23.6 Å². The second kappa shape index (κ2) is 5.31. The van der Waals surface area contributed by atoms with Crippen molar-refractivity contribution >= 4 is 5.97 Å². The number of esters is 1. The summed E-state index contributed by atoms with van der Waals surface area (Å²) in [7, 11) is 0. The highest BCUT2D eigenvalue weighted by Crippen LogP contribution is 2.43. The topological polar surface area (TPSA) is 38.3 Å². The van der Waals surface area contributed by atoms with Crippen molar-refractivity contribution in [3.05, 3.63) is 0 Å². The number of ether oxygens (including phenoxy) is 1. The van der Waals surface area contributed by atoms with Gasteiger partial charge in [0, 0.05) is 6.04 Å². The standard InChI is InChI=1S/C13H20F3NO2/c1-2-19-11(18)12(17-10-5-6-10)7-3-4-9(8-12)13(14,15)16/h9-10,17H,2-8H2,1H3. The fourth-order valence-corrected chi connectivity index (χ4v) is 2.82. The van der Waals surface area contributed by atoms with Crippen molar-refractivity contribution in [1.82, 2.24) is 5.32 Å². The average Bonchev–Trinajstić information content (AvgIpc) is 3.12. The number of halogens is 3. The molecule has 3 nitrogen and oxygen atoms in total. The van der Waals surface area contributed by atoms with Crippen LogP contribution >= 0.6 is 0 Å². The third-order valence-corrected chi connectivity index (χ3v) is 3.94. The molecular weight excluding hydrogens is 259 g/mol. The Balaban J connectivity index is 2.14. The molecule has 2 aliphatic rings. The van der Waals surface area contributed by atoms with Crippen LogP contribution in [0.5, 0.6) is 0 Å². The van der Waals surface area contributed by atoms with Gasteiger partial charge in [0.25, 0.3) is 0 Å². The highest BCUT2D eigenvalue weighted by Gasteiger charge is 2.53. The molecule has 110 valence electrons. The first-order valence-corrected chi connectivity index (χ1v) is 6.89. The van der Waals surface area contributed by atoms with E-state index in [0.717, 1.165) is 12.8 Å². The van der Waals surface area contributed by atoms with E-state index in [1.165, 1.54) is 0 Å². The van der Waals surface area contributed by atoms with E-state index in [1.807, 2.05) is 0 Å². The Morgan fingerprint density at radius 1 is 1.37 bits per heavy atom. The molecule has 0 aromatic carbocycles. The normalized spacial score (nSPS) is 32.1. The maximum Gasteiger partial charge on any atom is 0.391 e. The summed E-state index contributed by atoms with van der Waals surface area (Å²) in [5.41, 5.74) is -1.13. The number of carbonyl (C=O) groups excluding carboxylic acids is 1. The first kappa shape index (κ1) is 14.6. The van der Waals surface area contributed by atoms with Crippen LogP contribution in [0.3, 0.4) is 0 Å². The number of hydrogen-bond donors (Lipinski definition) is 1. The van der Waals surface area contributed by atoms with Crippen LogP contribution in [-0.2, 0) is 9.53 Å². The lowest BCUT2D eigenvalue weighted by atomic mass is 9.75. The molecule has 6 heteroatoms. The Morgan fingerprint density at radius 3 is 2.58 bits per heavy atom. The van der Waals surface area contributed by atoms with Crippen molar-refractivity contribution in [2.24, 2.45) is 5.92 Å². The third-order valence-electron chi connectivity index (χ3n) is 3.94. The Kier molecular flexibility index (Phi) is 4.08. The summed E-state index contributed by atoms with van der Waals surface area (Å²) in [6.07, 6.45) is -1.61. The van der Waals surface area contributed by atoms with E-state index >= 15 is 0 Å². The van der Waals surface area contributed by atoms with Crippen molar-refractivity contribution in [3.8, 4) is 0 Å².